The first-order valence-electron chi connectivity index (χ1n) is 8.37. The second-order valence-corrected chi connectivity index (χ2v) is 6.11. The van der Waals surface area contributed by atoms with Crippen molar-refractivity contribution in [3.05, 3.63) is 65.7 Å². The second kappa shape index (κ2) is 7.41. The molecule has 138 valence electrons. The van der Waals surface area contributed by atoms with Crippen LogP contribution in [0.5, 0.6) is 0 Å². The van der Waals surface area contributed by atoms with E-state index in [0.717, 1.165) is 4.90 Å². The van der Waals surface area contributed by atoms with Crippen molar-refractivity contribution < 1.29 is 23.9 Å². The Labute approximate surface area is 156 Å². The first-order valence-corrected chi connectivity index (χ1v) is 8.37. The molecule has 3 amide bonds. The number of likely N-dealkylation sites (N-methyl/N-ethyl adjacent to an activating group) is 1. The number of para-hydroxylation sites is 1. The maximum Gasteiger partial charge on any atom is 0.326 e. The van der Waals surface area contributed by atoms with E-state index in [4.69, 9.17) is 4.74 Å². The van der Waals surface area contributed by atoms with Crippen LogP contribution in [0, 0.1) is 0 Å². The highest BCUT2D eigenvalue weighted by molar-refractivity contribution is 6.22. The van der Waals surface area contributed by atoms with E-state index >= 15 is 0 Å². The highest BCUT2D eigenvalue weighted by Crippen LogP contribution is 2.22. The third-order valence-corrected chi connectivity index (χ3v) is 4.30. The molecule has 2 aromatic carbocycles. The van der Waals surface area contributed by atoms with Crippen molar-refractivity contribution in [2.45, 2.75) is 13.0 Å². The molecule has 0 N–H and O–H groups in total. The third kappa shape index (κ3) is 3.57. The predicted molar refractivity (Wildman–Crippen MR) is 97.2 cm³/mol. The number of rotatable bonds is 5. The molecule has 0 aliphatic carbocycles. The topological polar surface area (TPSA) is 84.0 Å². The summed E-state index contributed by atoms with van der Waals surface area (Å²) in [5, 5.41) is 0. The zero-order valence-corrected chi connectivity index (χ0v) is 14.9. The molecule has 1 atom stereocenters. The summed E-state index contributed by atoms with van der Waals surface area (Å²) < 4.78 is 5.14. The Morgan fingerprint density at radius 2 is 1.48 bits per heavy atom. The Balaban J connectivity index is 1.62. The fraction of sp³-hybridized carbons (Fsp3) is 0.200. The van der Waals surface area contributed by atoms with Crippen LogP contribution < -0.4 is 4.90 Å². The lowest BCUT2D eigenvalue weighted by molar-refractivity contribution is -0.153. The minimum absolute atomic E-state index is 0.253. The standard InChI is InChI=1S/C20H18N2O5/c1-13(18(24)21(2)14-8-4-3-5-9-14)27-17(23)12-22-19(25)15-10-6-7-11-16(15)20(22)26/h3-11,13H,12H2,1-2H3/t13-/m0/s1. The van der Waals surface area contributed by atoms with Crippen LogP contribution in [0.25, 0.3) is 0 Å². The van der Waals surface area contributed by atoms with Crippen LogP contribution in [-0.4, -0.2) is 48.3 Å². The van der Waals surface area contributed by atoms with Gasteiger partial charge < -0.3 is 9.64 Å². The number of ether oxygens (including phenoxy) is 1. The molecular formula is C20H18N2O5. The first kappa shape index (κ1) is 18.3. The zero-order valence-electron chi connectivity index (χ0n) is 14.9. The summed E-state index contributed by atoms with van der Waals surface area (Å²) in [6, 6.07) is 15.3. The third-order valence-electron chi connectivity index (χ3n) is 4.30. The van der Waals surface area contributed by atoms with Gasteiger partial charge in [-0.25, -0.2) is 0 Å². The summed E-state index contributed by atoms with van der Waals surface area (Å²) in [7, 11) is 1.58. The van der Waals surface area contributed by atoms with Crippen LogP contribution in [0.1, 0.15) is 27.6 Å². The molecule has 0 saturated heterocycles. The van der Waals surface area contributed by atoms with Crippen molar-refractivity contribution in [3.63, 3.8) is 0 Å². The quantitative estimate of drug-likeness (QED) is 0.596. The number of carbonyl (C=O) groups excluding carboxylic acids is 4. The molecule has 0 unspecified atom stereocenters. The number of imide groups is 1. The molecule has 0 aromatic heterocycles. The summed E-state index contributed by atoms with van der Waals surface area (Å²) in [5.41, 5.74) is 1.16. The normalized spacial score (nSPS) is 13.9. The van der Waals surface area contributed by atoms with Crippen LogP contribution >= 0.6 is 0 Å². The van der Waals surface area contributed by atoms with E-state index < -0.39 is 36.3 Å². The van der Waals surface area contributed by atoms with E-state index in [0.29, 0.717) is 5.69 Å². The first-order chi connectivity index (χ1) is 12.9. The van der Waals surface area contributed by atoms with Crippen LogP contribution in [0.4, 0.5) is 5.69 Å². The van der Waals surface area contributed by atoms with Crippen molar-refractivity contribution in [2.75, 3.05) is 18.5 Å². The van der Waals surface area contributed by atoms with Crippen molar-refractivity contribution in [3.8, 4) is 0 Å². The number of carbonyl (C=O) groups is 4. The number of hydrogen-bond donors (Lipinski definition) is 0. The molecule has 1 heterocycles. The van der Waals surface area contributed by atoms with Gasteiger partial charge in [-0.3, -0.25) is 24.1 Å². The maximum absolute atomic E-state index is 12.4. The van der Waals surface area contributed by atoms with Crippen LogP contribution in [0.15, 0.2) is 54.6 Å². The molecule has 0 fully saturated rings. The van der Waals surface area contributed by atoms with Crippen LogP contribution in [-0.2, 0) is 14.3 Å². The smallest absolute Gasteiger partial charge is 0.326 e. The number of esters is 1. The molecule has 3 rings (SSSR count). The van der Waals surface area contributed by atoms with E-state index in [-0.39, 0.29) is 11.1 Å². The lowest BCUT2D eigenvalue weighted by Gasteiger charge is -2.22. The van der Waals surface area contributed by atoms with Gasteiger partial charge in [-0.15, -0.1) is 0 Å². The zero-order chi connectivity index (χ0) is 19.6. The Morgan fingerprint density at radius 3 is 2.04 bits per heavy atom. The van der Waals surface area contributed by atoms with Gasteiger partial charge in [-0.1, -0.05) is 30.3 Å². The van der Waals surface area contributed by atoms with Crippen molar-refractivity contribution in [1.29, 1.82) is 0 Å². The number of hydrogen-bond acceptors (Lipinski definition) is 5. The van der Waals surface area contributed by atoms with Gasteiger partial charge in [0, 0.05) is 12.7 Å². The highest BCUT2D eigenvalue weighted by atomic mass is 16.5. The minimum atomic E-state index is -1.06. The SMILES string of the molecule is C[C@H](OC(=O)CN1C(=O)c2ccccc2C1=O)C(=O)N(C)c1ccccc1. The largest absolute Gasteiger partial charge is 0.451 e. The number of nitrogens with zero attached hydrogens (tertiary/aromatic N) is 2. The van der Waals surface area contributed by atoms with Gasteiger partial charge in [0.25, 0.3) is 17.7 Å². The molecule has 0 bridgehead atoms. The Bertz CT molecular complexity index is 875. The maximum atomic E-state index is 12.4. The van der Waals surface area contributed by atoms with Crippen LogP contribution in [0.2, 0.25) is 0 Å². The number of anilines is 1. The predicted octanol–water partition coefficient (Wildman–Crippen LogP) is 1.88. The fourth-order valence-electron chi connectivity index (χ4n) is 2.85. The fourth-order valence-corrected chi connectivity index (χ4v) is 2.85. The van der Waals surface area contributed by atoms with Crippen LogP contribution in [0.3, 0.4) is 0 Å². The van der Waals surface area contributed by atoms with E-state index in [2.05, 4.69) is 0 Å². The summed E-state index contributed by atoms with van der Waals surface area (Å²) in [5.74, 6) is -2.34. The molecule has 1 aliphatic heterocycles. The van der Waals surface area contributed by atoms with Gasteiger partial charge in [0.15, 0.2) is 6.10 Å². The second-order valence-electron chi connectivity index (χ2n) is 6.11. The van der Waals surface area contributed by atoms with Gasteiger partial charge in [-0.2, -0.15) is 0 Å². The van der Waals surface area contributed by atoms with Gasteiger partial charge >= 0.3 is 5.97 Å². The van der Waals surface area contributed by atoms with E-state index in [1.165, 1.54) is 24.0 Å². The monoisotopic (exact) mass is 366 g/mol. The number of benzene rings is 2. The molecule has 0 spiro atoms. The number of amides is 3. The average molecular weight is 366 g/mol. The lowest BCUT2D eigenvalue weighted by atomic mass is 10.1. The molecular weight excluding hydrogens is 348 g/mol. The Morgan fingerprint density at radius 1 is 0.963 bits per heavy atom. The lowest BCUT2D eigenvalue weighted by Crippen LogP contribution is -2.41. The molecule has 7 heteroatoms. The van der Waals surface area contributed by atoms with Crippen molar-refractivity contribution in [2.24, 2.45) is 0 Å². The molecule has 27 heavy (non-hydrogen) atoms. The molecule has 1 aliphatic rings. The summed E-state index contributed by atoms with van der Waals surface area (Å²) in [6.07, 6.45) is -1.06. The van der Waals surface area contributed by atoms with Crippen molar-refractivity contribution >= 4 is 29.4 Å². The highest BCUT2D eigenvalue weighted by Gasteiger charge is 2.37. The summed E-state index contributed by atoms with van der Waals surface area (Å²) >= 11 is 0. The summed E-state index contributed by atoms with van der Waals surface area (Å²) in [6.45, 7) is 0.904. The Hall–Kier alpha value is -3.48. The summed E-state index contributed by atoms with van der Waals surface area (Å²) in [4.78, 5) is 51.4. The van der Waals surface area contributed by atoms with E-state index in [1.54, 1.807) is 43.4 Å². The van der Waals surface area contributed by atoms with Gasteiger partial charge in [0.05, 0.1) is 11.1 Å². The van der Waals surface area contributed by atoms with Gasteiger partial charge in [-0.05, 0) is 31.2 Å². The van der Waals surface area contributed by atoms with Gasteiger partial charge in [0.1, 0.15) is 6.54 Å². The van der Waals surface area contributed by atoms with E-state index in [9.17, 15) is 19.2 Å². The average Bonchev–Trinajstić information content (AvgIpc) is 2.92. The Kier molecular flexibility index (Phi) is 5.03. The van der Waals surface area contributed by atoms with Gasteiger partial charge in [0.2, 0.25) is 0 Å². The molecule has 2 aromatic rings. The molecule has 7 nitrogen and oxygen atoms in total. The molecule has 0 saturated carbocycles. The number of fused-ring (bicyclic) bond motifs is 1. The van der Waals surface area contributed by atoms with E-state index in [1.807, 2.05) is 6.07 Å². The van der Waals surface area contributed by atoms with Crippen molar-refractivity contribution in [1.82, 2.24) is 4.90 Å². The molecule has 0 radical (unpaired) electrons. The minimum Gasteiger partial charge on any atom is -0.451 e.